The molecule has 2 rings (SSSR count). The Morgan fingerprint density at radius 1 is 1.00 bits per heavy atom. The second-order valence-electron chi connectivity index (χ2n) is 5.71. The zero-order valence-electron chi connectivity index (χ0n) is 11.3. The van der Waals surface area contributed by atoms with Crippen LogP contribution < -0.4 is 5.46 Å². The van der Waals surface area contributed by atoms with Gasteiger partial charge in [0.05, 0.1) is 16.8 Å². The van der Waals surface area contributed by atoms with E-state index >= 15 is 0 Å². The van der Waals surface area contributed by atoms with E-state index in [4.69, 9.17) is 9.31 Å². The van der Waals surface area contributed by atoms with Crippen molar-refractivity contribution < 1.29 is 22.5 Å². The predicted molar refractivity (Wildman–Crippen MR) is 67.2 cm³/mol. The van der Waals surface area contributed by atoms with Crippen LogP contribution in [0.15, 0.2) is 24.3 Å². The van der Waals surface area contributed by atoms with Crippen molar-refractivity contribution in [2.24, 2.45) is 0 Å². The summed E-state index contributed by atoms with van der Waals surface area (Å²) in [6.45, 7) is 7.45. The summed E-state index contributed by atoms with van der Waals surface area (Å²) in [6.07, 6.45) is -4.36. The molecule has 0 aromatic heterocycles. The monoisotopic (exact) mass is 272 g/mol. The zero-order valence-corrected chi connectivity index (χ0v) is 11.3. The van der Waals surface area contributed by atoms with Crippen LogP contribution >= 0.6 is 0 Å². The molecule has 1 aliphatic rings. The van der Waals surface area contributed by atoms with Crippen molar-refractivity contribution in [2.75, 3.05) is 0 Å². The van der Waals surface area contributed by atoms with Crippen LogP contribution in [-0.4, -0.2) is 18.3 Å². The topological polar surface area (TPSA) is 18.5 Å². The first-order valence-electron chi connectivity index (χ1n) is 6.06. The molecule has 0 unspecified atom stereocenters. The summed E-state index contributed by atoms with van der Waals surface area (Å²) in [6, 6.07) is 5.05. The highest BCUT2D eigenvalue weighted by Crippen LogP contribution is 2.37. The van der Waals surface area contributed by atoms with Crippen LogP contribution in [0.4, 0.5) is 13.2 Å². The molecule has 0 amide bonds. The smallest absolute Gasteiger partial charge is 0.399 e. The lowest BCUT2D eigenvalue weighted by atomic mass is 9.78. The fourth-order valence-electron chi connectivity index (χ4n) is 1.84. The molecule has 1 aromatic rings. The third kappa shape index (κ3) is 2.65. The van der Waals surface area contributed by atoms with Crippen LogP contribution in [0, 0.1) is 0 Å². The van der Waals surface area contributed by atoms with E-state index < -0.39 is 30.1 Å². The maximum absolute atomic E-state index is 12.7. The van der Waals surface area contributed by atoms with Crippen LogP contribution in [0.25, 0.3) is 0 Å². The molecule has 6 heteroatoms. The fourth-order valence-corrected chi connectivity index (χ4v) is 1.84. The highest BCUT2D eigenvalue weighted by atomic mass is 19.4. The number of halogens is 3. The summed E-state index contributed by atoms with van der Waals surface area (Å²) in [5.74, 6) is 0. The quantitative estimate of drug-likeness (QED) is 0.732. The molecule has 19 heavy (non-hydrogen) atoms. The van der Waals surface area contributed by atoms with Crippen LogP contribution in [0.5, 0.6) is 0 Å². The van der Waals surface area contributed by atoms with E-state index in [1.807, 2.05) is 27.7 Å². The van der Waals surface area contributed by atoms with E-state index in [1.165, 1.54) is 6.07 Å². The highest BCUT2D eigenvalue weighted by Gasteiger charge is 2.51. The van der Waals surface area contributed by atoms with E-state index in [9.17, 15) is 13.2 Å². The number of benzene rings is 1. The van der Waals surface area contributed by atoms with Gasteiger partial charge in [0, 0.05) is 0 Å². The van der Waals surface area contributed by atoms with Gasteiger partial charge in [-0.2, -0.15) is 13.2 Å². The molecule has 1 heterocycles. The minimum atomic E-state index is -4.36. The second-order valence-corrected chi connectivity index (χ2v) is 5.71. The normalized spacial score (nSPS) is 21.7. The average Bonchev–Trinajstić information content (AvgIpc) is 2.47. The standard InChI is InChI=1S/C13H16BF3O2/c1-11(2)12(3,4)19-14(18-11)10-7-5-6-9(8-10)13(15,16)17/h5-8H,1-4H3. The molecule has 0 saturated carbocycles. The van der Waals surface area contributed by atoms with Crippen molar-refractivity contribution in [3.63, 3.8) is 0 Å². The number of rotatable bonds is 1. The second kappa shape index (κ2) is 4.25. The van der Waals surface area contributed by atoms with Gasteiger partial charge in [0.1, 0.15) is 0 Å². The van der Waals surface area contributed by atoms with Gasteiger partial charge >= 0.3 is 13.3 Å². The van der Waals surface area contributed by atoms with Gasteiger partial charge in [-0.1, -0.05) is 24.3 Å². The third-order valence-corrected chi connectivity index (χ3v) is 3.74. The lowest BCUT2D eigenvalue weighted by Gasteiger charge is -2.32. The highest BCUT2D eigenvalue weighted by molar-refractivity contribution is 6.62. The lowest BCUT2D eigenvalue weighted by molar-refractivity contribution is -0.137. The van der Waals surface area contributed by atoms with Crippen molar-refractivity contribution in [3.8, 4) is 0 Å². The van der Waals surface area contributed by atoms with Crippen molar-refractivity contribution in [1.29, 1.82) is 0 Å². The summed E-state index contributed by atoms with van der Waals surface area (Å²) in [4.78, 5) is 0. The summed E-state index contributed by atoms with van der Waals surface area (Å²) >= 11 is 0. The van der Waals surface area contributed by atoms with Gasteiger partial charge in [-0.05, 0) is 33.2 Å². The van der Waals surface area contributed by atoms with E-state index in [-0.39, 0.29) is 0 Å². The molecule has 1 saturated heterocycles. The largest absolute Gasteiger partial charge is 0.494 e. The van der Waals surface area contributed by atoms with Gasteiger partial charge in [0.25, 0.3) is 0 Å². The van der Waals surface area contributed by atoms with Crippen LogP contribution in [0.1, 0.15) is 33.3 Å². The summed E-state index contributed by atoms with van der Waals surface area (Å²) in [5, 5.41) is 0. The first-order valence-corrected chi connectivity index (χ1v) is 6.06. The molecule has 0 spiro atoms. The van der Waals surface area contributed by atoms with Crippen molar-refractivity contribution in [1.82, 2.24) is 0 Å². The number of hydrogen-bond acceptors (Lipinski definition) is 2. The first kappa shape index (κ1) is 14.4. The van der Waals surface area contributed by atoms with Gasteiger partial charge in [-0.25, -0.2) is 0 Å². The maximum Gasteiger partial charge on any atom is 0.494 e. The molecule has 0 atom stereocenters. The Morgan fingerprint density at radius 3 is 2.00 bits per heavy atom. The predicted octanol–water partition coefficient (Wildman–Crippen LogP) is 3.00. The Hall–Kier alpha value is -1.01. The minimum Gasteiger partial charge on any atom is -0.399 e. The van der Waals surface area contributed by atoms with Crippen LogP contribution in [0.2, 0.25) is 0 Å². The third-order valence-electron chi connectivity index (χ3n) is 3.74. The molecule has 0 N–H and O–H groups in total. The van der Waals surface area contributed by atoms with E-state index in [0.717, 1.165) is 12.1 Å². The maximum atomic E-state index is 12.7. The van der Waals surface area contributed by atoms with Gasteiger partial charge < -0.3 is 9.31 Å². The van der Waals surface area contributed by atoms with Crippen LogP contribution in [0.3, 0.4) is 0 Å². The molecule has 1 fully saturated rings. The molecule has 0 radical (unpaired) electrons. The Morgan fingerprint density at radius 2 is 1.53 bits per heavy atom. The van der Waals surface area contributed by atoms with Gasteiger partial charge in [-0.15, -0.1) is 0 Å². The summed E-state index contributed by atoms with van der Waals surface area (Å²) in [7, 11) is -0.771. The molecule has 0 aliphatic carbocycles. The molecule has 1 aliphatic heterocycles. The molecule has 1 aromatic carbocycles. The Labute approximate surface area is 111 Å². The fraction of sp³-hybridized carbons (Fsp3) is 0.538. The summed E-state index contributed by atoms with van der Waals surface area (Å²) in [5.41, 5.74) is -1.44. The van der Waals surface area contributed by atoms with Gasteiger partial charge in [0.15, 0.2) is 0 Å². The van der Waals surface area contributed by atoms with Crippen molar-refractivity contribution in [2.45, 2.75) is 45.1 Å². The summed E-state index contributed by atoms with van der Waals surface area (Å²) < 4.78 is 49.5. The molecule has 0 bridgehead atoms. The SMILES string of the molecule is CC1(C)OB(c2cccc(C(F)(F)F)c2)OC1(C)C. The zero-order chi connectivity index (χ0) is 14.5. The molecular weight excluding hydrogens is 256 g/mol. The van der Waals surface area contributed by atoms with E-state index in [2.05, 4.69) is 0 Å². The Bertz CT molecular complexity index is 467. The lowest BCUT2D eigenvalue weighted by Crippen LogP contribution is -2.41. The molecular formula is C13H16BF3O2. The number of alkyl halides is 3. The number of hydrogen-bond donors (Lipinski definition) is 0. The van der Waals surface area contributed by atoms with E-state index in [1.54, 1.807) is 6.07 Å². The average molecular weight is 272 g/mol. The first-order chi connectivity index (χ1) is 8.53. The Balaban J connectivity index is 2.30. The van der Waals surface area contributed by atoms with E-state index in [0.29, 0.717) is 5.46 Å². The van der Waals surface area contributed by atoms with Gasteiger partial charge in [-0.3, -0.25) is 0 Å². The van der Waals surface area contributed by atoms with Crippen LogP contribution in [-0.2, 0) is 15.5 Å². The molecule has 104 valence electrons. The van der Waals surface area contributed by atoms with Gasteiger partial charge in [0.2, 0.25) is 0 Å². The van der Waals surface area contributed by atoms with Crippen molar-refractivity contribution in [3.05, 3.63) is 29.8 Å². The Kier molecular flexibility index (Phi) is 3.22. The molecule has 2 nitrogen and oxygen atoms in total. The minimum absolute atomic E-state index is 0.383. The van der Waals surface area contributed by atoms with Crippen molar-refractivity contribution >= 4 is 12.6 Å².